The lowest BCUT2D eigenvalue weighted by Crippen LogP contribution is -2.01. The highest BCUT2D eigenvalue weighted by Crippen LogP contribution is 2.20. The Morgan fingerprint density at radius 1 is 1.32 bits per heavy atom. The van der Waals surface area contributed by atoms with Gasteiger partial charge in [-0.05, 0) is 23.8 Å². The maximum Gasteiger partial charge on any atom is 0.337 e. The normalized spacial score (nSPS) is 10.8. The van der Waals surface area contributed by atoms with Crippen LogP contribution in [0.3, 0.4) is 0 Å². The maximum atomic E-state index is 11.1. The second kappa shape index (κ2) is 5.99. The molecule has 0 aliphatic heterocycles. The van der Waals surface area contributed by atoms with Gasteiger partial charge in [0.2, 0.25) is 0 Å². The molecule has 0 aliphatic rings. The first kappa shape index (κ1) is 13.8. The SMILES string of the molecule is O=C(O)c1cc(Cl)cnc1/C=C/c1ccccc1Br. The van der Waals surface area contributed by atoms with Crippen molar-refractivity contribution in [1.29, 1.82) is 0 Å². The van der Waals surface area contributed by atoms with Gasteiger partial charge in [-0.1, -0.05) is 51.8 Å². The minimum atomic E-state index is -1.05. The molecule has 2 aromatic rings. The first-order chi connectivity index (χ1) is 9.08. The molecule has 5 heteroatoms. The second-order valence-electron chi connectivity index (χ2n) is 3.75. The molecule has 1 N–H and O–H groups in total. The van der Waals surface area contributed by atoms with Crippen LogP contribution < -0.4 is 0 Å². The highest BCUT2D eigenvalue weighted by Gasteiger charge is 2.09. The van der Waals surface area contributed by atoms with Crippen LogP contribution in [0.5, 0.6) is 0 Å². The zero-order valence-electron chi connectivity index (χ0n) is 9.68. The third-order valence-electron chi connectivity index (χ3n) is 2.44. The number of hydrogen-bond acceptors (Lipinski definition) is 2. The molecule has 1 aromatic heterocycles. The molecule has 0 unspecified atom stereocenters. The molecular formula is C14H9BrClNO2. The quantitative estimate of drug-likeness (QED) is 0.904. The van der Waals surface area contributed by atoms with Crippen LogP contribution in [0.4, 0.5) is 0 Å². The van der Waals surface area contributed by atoms with Crippen molar-refractivity contribution in [2.75, 3.05) is 0 Å². The summed E-state index contributed by atoms with van der Waals surface area (Å²) in [5.41, 5.74) is 1.39. The van der Waals surface area contributed by atoms with Gasteiger partial charge in [0.1, 0.15) is 0 Å². The van der Waals surface area contributed by atoms with Crippen molar-refractivity contribution in [3.05, 3.63) is 62.8 Å². The highest BCUT2D eigenvalue weighted by atomic mass is 79.9. The average Bonchev–Trinajstić information content (AvgIpc) is 2.38. The van der Waals surface area contributed by atoms with Crippen LogP contribution in [-0.2, 0) is 0 Å². The van der Waals surface area contributed by atoms with Crippen molar-refractivity contribution < 1.29 is 9.90 Å². The van der Waals surface area contributed by atoms with Crippen LogP contribution in [-0.4, -0.2) is 16.1 Å². The lowest BCUT2D eigenvalue weighted by Gasteiger charge is -2.01. The number of halogens is 2. The number of pyridine rings is 1. The Balaban J connectivity index is 2.39. The predicted octanol–water partition coefficient (Wildman–Crippen LogP) is 4.37. The summed E-state index contributed by atoms with van der Waals surface area (Å²) in [4.78, 5) is 15.1. The Bertz CT molecular complexity index is 656. The van der Waals surface area contributed by atoms with E-state index < -0.39 is 5.97 Å². The van der Waals surface area contributed by atoms with Gasteiger partial charge >= 0.3 is 5.97 Å². The zero-order chi connectivity index (χ0) is 13.8. The molecule has 96 valence electrons. The van der Waals surface area contributed by atoms with Gasteiger partial charge in [-0.15, -0.1) is 0 Å². The van der Waals surface area contributed by atoms with Crippen LogP contribution in [0.25, 0.3) is 12.2 Å². The molecule has 0 radical (unpaired) electrons. The lowest BCUT2D eigenvalue weighted by molar-refractivity contribution is 0.0696. The summed E-state index contributed by atoms with van der Waals surface area (Å²) in [6.45, 7) is 0. The number of benzene rings is 1. The van der Waals surface area contributed by atoms with E-state index in [1.54, 1.807) is 12.2 Å². The number of aromatic carboxylic acids is 1. The summed E-state index contributed by atoms with van der Waals surface area (Å²) in [6.07, 6.45) is 4.88. The molecule has 1 heterocycles. The molecule has 19 heavy (non-hydrogen) atoms. The van der Waals surface area contributed by atoms with Crippen LogP contribution in [0.1, 0.15) is 21.6 Å². The summed E-state index contributed by atoms with van der Waals surface area (Å²) in [7, 11) is 0. The largest absolute Gasteiger partial charge is 0.478 e. The number of carboxylic acids is 1. The van der Waals surface area contributed by atoms with Crippen LogP contribution in [0, 0.1) is 0 Å². The second-order valence-corrected chi connectivity index (χ2v) is 5.04. The van der Waals surface area contributed by atoms with Gasteiger partial charge in [-0.3, -0.25) is 4.98 Å². The fourth-order valence-corrected chi connectivity index (χ4v) is 2.11. The average molecular weight is 339 g/mol. The van der Waals surface area contributed by atoms with Crippen molar-refractivity contribution in [1.82, 2.24) is 4.98 Å². The molecule has 0 saturated carbocycles. The summed E-state index contributed by atoms with van der Waals surface area (Å²) >= 11 is 9.17. The maximum absolute atomic E-state index is 11.1. The van der Waals surface area contributed by atoms with E-state index in [0.29, 0.717) is 10.7 Å². The van der Waals surface area contributed by atoms with Gasteiger partial charge in [-0.25, -0.2) is 4.79 Å². The van der Waals surface area contributed by atoms with Crippen molar-refractivity contribution in [3.8, 4) is 0 Å². The van der Waals surface area contributed by atoms with Gasteiger partial charge in [0, 0.05) is 10.7 Å². The third kappa shape index (κ3) is 3.43. The van der Waals surface area contributed by atoms with Crippen LogP contribution in [0.15, 0.2) is 41.0 Å². The Hall–Kier alpha value is -1.65. The van der Waals surface area contributed by atoms with Gasteiger partial charge in [-0.2, -0.15) is 0 Å². The highest BCUT2D eigenvalue weighted by molar-refractivity contribution is 9.10. The van der Waals surface area contributed by atoms with E-state index in [2.05, 4.69) is 20.9 Å². The summed E-state index contributed by atoms with van der Waals surface area (Å²) in [5.74, 6) is -1.05. The van der Waals surface area contributed by atoms with Gasteiger partial charge in [0.15, 0.2) is 0 Å². The molecular weight excluding hydrogens is 330 g/mol. The van der Waals surface area contributed by atoms with Crippen molar-refractivity contribution >= 4 is 45.7 Å². The molecule has 0 saturated heterocycles. The molecule has 3 nitrogen and oxygen atoms in total. The van der Waals surface area contributed by atoms with Crippen molar-refractivity contribution in [3.63, 3.8) is 0 Å². The predicted molar refractivity (Wildman–Crippen MR) is 79.3 cm³/mol. The van der Waals surface area contributed by atoms with Crippen molar-refractivity contribution in [2.24, 2.45) is 0 Å². The van der Waals surface area contributed by atoms with Crippen molar-refractivity contribution in [2.45, 2.75) is 0 Å². The number of hydrogen-bond donors (Lipinski definition) is 1. The van der Waals surface area contributed by atoms with E-state index in [0.717, 1.165) is 10.0 Å². The van der Waals surface area contributed by atoms with E-state index in [9.17, 15) is 4.79 Å². The molecule has 0 atom stereocenters. The Labute approximate surface area is 123 Å². The number of rotatable bonds is 3. The first-order valence-electron chi connectivity index (χ1n) is 5.39. The van der Waals surface area contributed by atoms with Gasteiger partial charge in [0.05, 0.1) is 16.3 Å². The molecule has 0 amide bonds. The van der Waals surface area contributed by atoms with Crippen LogP contribution in [0.2, 0.25) is 5.02 Å². The van der Waals surface area contributed by atoms with Gasteiger partial charge < -0.3 is 5.11 Å². The molecule has 0 fully saturated rings. The summed E-state index contributed by atoms with van der Waals surface area (Å²) < 4.78 is 0.928. The van der Waals surface area contributed by atoms with E-state index >= 15 is 0 Å². The number of aromatic nitrogens is 1. The Kier molecular flexibility index (Phi) is 4.35. The summed E-state index contributed by atoms with van der Waals surface area (Å²) in [6, 6.07) is 9.02. The fourth-order valence-electron chi connectivity index (χ4n) is 1.53. The smallest absolute Gasteiger partial charge is 0.337 e. The number of carboxylic acid groups (broad SMARTS) is 1. The Morgan fingerprint density at radius 3 is 2.74 bits per heavy atom. The Morgan fingerprint density at radius 2 is 2.05 bits per heavy atom. The zero-order valence-corrected chi connectivity index (χ0v) is 12.0. The van der Waals surface area contributed by atoms with E-state index in [1.165, 1.54) is 12.3 Å². The standard InChI is InChI=1S/C14H9BrClNO2/c15-12-4-2-1-3-9(12)5-6-13-11(14(18)19)7-10(16)8-17-13/h1-8H,(H,18,19)/b6-5+. The van der Waals surface area contributed by atoms with E-state index in [1.807, 2.05) is 24.3 Å². The molecule has 0 aliphatic carbocycles. The topological polar surface area (TPSA) is 50.2 Å². The van der Waals surface area contributed by atoms with E-state index in [4.69, 9.17) is 16.7 Å². The van der Waals surface area contributed by atoms with Gasteiger partial charge in [0.25, 0.3) is 0 Å². The van der Waals surface area contributed by atoms with Crippen LogP contribution >= 0.6 is 27.5 Å². The minimum Gasteiger partial charge on any atom is -0.478 e. The molecule has 1 aromatic carbocycles. The minimum absolute atomic E-state index is 0.0794. The summed E-state index contributed by atoms with van der Waals surface area (Å²) in [5, 5.41) is 9.40. The number of nitrogens with zero attached hydrogens (tertiary/aromatic N) is 1. The molecule has 0 spiro atoms. The molecule has 0 bridgehead atoms. The monoisotopic (exact) mass is 337 g/mol. The fraction of sp³-hybridized carbons (Fsp3) is 0. The third-order valence-corrected chi connectivity index (χ3v) is 3.37. The van der Waals surface area contributed by atoms with E-state index in [-0.39, 0.29) is 5.56 Å². The molecule has 2 rings (SSSR count). The first-order valence-corrected chi connectivity index (χ1v) is 6.56. The number of carbonyl (C=O) groups is 1. The lowest BCUT2D eigenvalue weighted by atomic mass is 10.1.